The summed E-state index contributed by atoms with van der Waals surface area (Å²) in [5.74, 6) is 1.75. The number of hydrogen-bond donors (Lipinski definition) is 2. The lowest BCUT2D eigenvalue weighted by atomic mass is 10.5. The first-order chi connectivity index (χ1) is 6.81. The standard InChI is InChI=1S/C9H17NO3S/c1-2-6-13-9(12)10-4-8-14-7-3-5-11/h2,11H,1,3-8H2,(H,10,12). The molecule has 14 heavy (non-hydrogen) atoms. The highest BCUT2D eigenvalue weighted by Crippen LogP contribution is 1.99. The van der Waals surface area contributed by atoms with Crippen molar-refractivity contribution in [3.63, 3.8) is 0 Å². The van der Waals surface area contributed by atoms with Gasteiger partial charge in [-0.15, -0.1) is 0 Å². The Balaban J connectivity index is 3.10. The van der Waals surface area contributed by atoms with Crippen molar-refractivity contribution in [2.45, 2.75) is 6.42 Å². The van der Waals surface area contributed by atoms with Gasteiger partial charge in [0.05, 0.1) is 0 Å². The summed E-state index contributed by atoms with van der Waals surface area (Å²) in [5.41, 5.74) is 0. The lowest BCUT2D eigenvalue weighted by Crippen LogP contribution is -2.26. The minimum atomic E-state index is -0.410. The number of nitrogens with one attached hydrogen (secondary N) is 1. The number of aliphatic hydroxyl groups is 1. The van der Waals surface area contributed by atoms with Crippen molar-refractivity contribution in [3.05, 3.63) is 12.7 Å². The Labute approximate surface area is 88.7 Å². The van der Waals surface area contributed by atoms with E-state index in [0.29, 0.717) is 6.54 Å². The van der Waals surface area contributed by atoms with E-state index in [1.54, 1.807) is 11.8 Å². The highest BCUT2D eigenvalue weighted by atomic mass is 32.2. The third-order valence-electron chi connectivity index (χ3n) is 1.29. The molecule has 0 spiro atoms. The summed E-state index contributed by atoms with van der Waals surface area (Å²) in [6.07, 6.45) is 1.91. The minimum Gasteiger partial charge on any atom is -0.445 e. The Morgan fingerprint density at radius 1 is 1.57 bits per heavy atom. The summed E-state index contributed by atoms with van der Waals surface area (Å²) in [5, 5.41) is 11.1. The quantitative estimate of drug-likeness (QED) is 0.472. The molecule has 0 saturated carbocycles. The van der Waals surface area contributed by atoms with Crippen molar-refractivity contribution in [1.82, 2.24) is 5.32 Å². The van der Waals surface area contributed by atoms with E-state index in [1.165, 1.54) is 6.08 Å². The highest BCUT2D eigenvalue weighted by Gasteiger charge is 1.98. The number of rotatable bonds is 8. The van der Waals surface area contributed by atoms with E-state index in [-0.39, 0.29) is 13.2 Å². The molecule has 0 aliphatic heterocycles. The monoisotopic (exact) mass is 219 g/mol. The van der Waals surface area contributed by atoms with Crippen molar-refractivity contribution in [1.29, 1.82) is 0 Å². The van der Waals surface area contributed by atoms with Gasteiger partial charge in [-0.1, -0.05) is 12.7 Å². The molecule has 0 aromatic rings. The fourth-order valence-electron chi connectivity index (χ4n) is 0.680. The van der Waals surface area contributed by atoms with Gasteiger partial charge in [-0.05, 0) is 12.2 Å². The van der Waals surface area contributed by atoms with Gasteiger partial charge in [0.1, 0.15) is 6.61 Å². The Kier molecular flexibility index (Phi) is 9.90. The fraction of sp³-hybridized carbons (Fsp3) is 0.667. The number of aliphatic hydroxyl groups excluding tert-OH is 1. The van der Waals surface area contributed by atoms with Crippen LogP contribution >= 0.6 is 11.8 Å². The second-order valence-corrected chi connectivity index (χ2v) is 3.73. The summed E-state index contributed by atoms with van der Waals surface area (Å²) < 4.78 is 4.70. The molecule has 0 aliphatic rings. The zero-order valence-electron chi connectivity index (χ0n) is 8.20. The molecule has 82 valence electrons. The van der Waals surface area contributed by atoms with Gasteiger partial charge in [-0.25, -0.2) is 4.79 Å². The number of carbonyl (C=O) groups is 1. The van der Waals surface area contributed by atoms with Gasteiger partial charge in [0.25, 0.3) is 0 Å². The molecule has 0 radical (unpaired) electrons. The van der Waals surface area contributed by atoms with E-state index in [9.17, 15) is 4.79 Å². The number of amides is 1. The Morgan fingerprint density at radius 2 is 2.36 bits per heavy atom. The molecule has 0 atom stereocenters. The average Bonchev–Trinajstić information content (AvgIpc) is 2.20. The molecule has 0 bridgehead atoms. The van der Waals surface area contributed by atoms with E-state index in [2.05, 4.69) is 11.9 Å². The first-order valence-corrected chi connectivity index (χ1v) is 5.67. The van der Waals surface area contributed by atoms with Crippen molar-refractivity contribution in [2.75, 3.05) is 31.3 Å². The molecule has 0 rings (SSSR count). The molecular formula is C9H17NO3S. The second-order valence-electron chi connectivity index (χ2n) is 2.50. The average molecular weight is 219 g/mol. The van der Waals surface area contributed by atoms with Crippen LogP contribution in [-0.4, -0.2) is 42.5 Å². The molecule has 1 amide bonds. The van der Waals surface area contributed by atoms with Gasteiger partial charge in [0, 0.05) is 18.9 Å². The Morgan fingerprint density at radius 3 is 3.00 bits per heavy atom. The van der Waals surface area contributed by atoms with Gasteiger partial charge in [-0.3, -0.25) is 0 Å². The zero-order valence-corrected chi connectivity index (χ0v) is 9.02. The first kappa shape index (κ1) is 13.3. The smallest absolute Gasteiger partial charge is 0.407 e. The van der Waals surface area contributed by atoms with Gasteiger partial charge in [0.15, 0.2) is 0 Å². The van der Waals surface area contributed by atoms with Crippen molar-refractivity contribution >= 4 is 17.9 Å². The number of ether oxygens (including phenoxy) is 1. The van der Waals surface area contributed by atoms with Crippen LogP contribution in [0.4, 0.5) is 4.79 Å². The molecule has 0 aromatic carbocycles. The van der Waals surface area contributed by atoms with Gasteiger partial charge in [-0.2, -0.15) is 11.8 Å². The lowest BCUT2D eigenvalue weighted by Gasteiger charge is -2.04. The van der Waals surface area contributed by atoms with E-state index in [4.69, 9.17) is 9.84 Å². The van der Waals surface area contributed by atoms with Crippen LogP contribution in [0.1, 0.15) is 6.42 Å². The summed E-state index contributed by atoms with van der Waals surface area (Å²) in [6, 6.07) is 0. The van der Waals surface area contributed by atoms with Gasteiger partial charge < -0.3 is 15.2 Å². The molecule has 0 aromatic heterocycles. The number of thioether (sulfide) groups is 1. The van der Waals surface area contributed by atoms with Gasteiger partial charge in [0.2, 0.25) is 0 Å². The van der Waals surface area contributed by atoms with E-state index in [1.807, 2.05) is 0 Å². The largest absolute Gasteiger partial charge is 0.445 e. The molecule has 0 saturated heterocycles. The van der Waals surface area contributed by atoms with Gasteiger partial charge >= 0.3 is 6.09 Å². The number of carbonyl (C=O) groups excluding carboxylic acids is 1. The molecular weight excluding hydrogens is 202 g/mol. The molecule has 0 heterocycles. The second kappa shape index (κ2) is 10.4. The predicted octanol–water partition coefficient (Wildman–Crippen LogP) is 1.01. The van der Waals surface area contributed by atoms with Crippen LogP contribution in [0.3, 0.4) is 0 Å². The van der Waals surface area contributed by atoms with E-state index >= 15 is 0 Å². The highest BCUT2D eigenvalue weighted by molar-refractivity contribution is 7.99. The van der Waals surface area contributed by atoms with Crippen molar-refractivity contribution in [2.24, 2.45) is 0 Å². The van der Waals surface area contributed by atoms with Crippen LogP contribution in [0.25, 0.3) is 0 Å². The number of hydrogen-bond acceptors (Lipinski definition) is 4. The topological polar surface area (TPSA) is 58.6 Å². The molecule has 0 fully saturated rings. The minimum absolute atomic E-state index is 0.224. The van der Waals surface area contributed by atoms with Crippen molar-refractivity contribution < 1.29 is 14.6 Å². The summed E-state index contributed by atoms with van der Waals surface area (Å²) in [4.78, 5) is 10.9. The molecule has 5 heteroatoms. The summed E-state index contributed by atoms with van der Waals surface area (Å²) in [6.45, 7) is 4.48. The maximum absolute atomic E-state index is 10.9. The van der Waals surface area contributed by atoms with Crippen LogP contribution in [-0.2, 0) is 4.74 Å². The molecule has 0 aliphatic carbocycles. The lowest BCUT2D eigenvalue weighted by molar-refractivity contribution is 0.159. The summed E-state index contributed by atoms with van der Waals surface area (Å²) >= 11 is 1.69. The molecule has 2 N–H and O–H groups in total. The third-order valence-corrected chi connectivity index (χ3v) is 2.36. The van der Waals surface area contributed by atoms with Crippen LogP contribution in [0.5, 0.6) is 0 Å². The van der Waals surface area contributed by atoms with Crippen LogP contribution in [0, 0.1) is 0 Å². The fourth-order valence-corrected chi connectivity index (χ4v) is 1.46. The SMILES string of the molecule is C=CCOC(=O)NCCSCCCO. The molecule has 0 unspecified atom stereocenters. The first-order valence-electron chi connectivity index (χ1n) is 4.51. The Bertz CT molecular complexity index is 164. The summed E-state index contributed by atoms with van der Waals surface area (Å²) in [7, 11) is 0. The Hall–Kier alpha value is -0.680. The van der Waals surface area contributed by atoms with Crippen LogP contribution in [0.15, 0.2) is 12.7 Å². The van der Waals surface area contributed by atoms with Crippen LogP contribution in [0.2, 0.25) is 0 Å². The number of alkyl carbamates (subject to hydrolysis) is 1. The van der Waals surface area contributed by atoms with Crippen molar-refractivity contribution in [3.8, 4) is 0 Å². The zero-order chi connectivity index (χ0) is 10.6. The van der Waals surface area contributed by atoms with Crippen LogP contribution < -0.4 is 5.32 Å². The normalized spacial score (nSPS) is 9.50. The van der Waals surface area contributed by atoms with E-state index in [0.717, 1.165) is 17.9 Å². The maximum atomic E-state index is 10.9. The molecule has 4 nitrogen and oxygen atoms in total. The maximum Gasteiger partial charge on any atom is 0.407 e. The third kappa shape index (κ3) is 9.41. The van der Waals surface area contributed by atoms with E-state index < -0.39 is 6.09 Å². The predicted molar refractivity (Wildman–Crippen MR) is 58.6 cm³/mol.